The molecule has 78 valence electrons. The second kappa shape index (κ2) is 4.85. The quantitative estimate of drug-likeness (QED) is 0.575. The van der Waals surface area contributed by atoms with Crippen LogP contribution in [-0.2, 0) is 0 Å². The molecule has 0 amide bonds. The molecule has 0 aliphatic carbocycles. The summed E-state index contributed by atoms with van der Waals surface area (Å²) in [6.45, 7) is 6.54. The van der Waals surface area contributed by atoms with E-state index in [4.69, 9.17) is 0 Å². The Morgan fingerprint density at radius 2 is 1.93 bits per heavy atom. The minimum absolute atomic E-state index is 0.133. The van der Waals surface area contributed by atoms with Gasteiger partial charge < -0.3 is 5.32 Å². The Balaban J connectivity index is 3.08. The summed E-state index contributed by atoms with van der Waals surface area (Å²) >= 11 is 4.49. The van der Waals surface area contributed by atoms with Crippen molar-refractivity contribution in [3.63, 3.8) is 0 Å². The molecule has 0 heterocycles. The molecular weight excluding hydrogens is 190 g/mol. The molecule has 1 N–H and O–H groups in total. The van der Waals surface area contributed by atoms with Gasteiger partial charge in [0.25, 0.3) is 0 Å². The SMILES string of the molecule is CNC(S)c1cc(C(C)C)ccc1C. The van der Waals surface area contributed by atoms with Crippen molar-refractivity contribution >= 4 is 12.6 Å². The van der Waals surface area contributed by atoms with Gasteiger partial charge in [0.2, 0.25) is 0 Å². The molecule has 1 aromatic carbocycles. The average Bonchev–Trinajstić information content (AvgIpc) is 2.17. The number of aryl methyl sites for hydroxylation is 1. The van der Waals surface area contributed by atoms with Crippen LogP contribution >= 0.6 is 12.6 Å². The van der Waals surface area contributed by atoms with Gasteiger partial charge in [-0.1, -0.05) is 32.0 Å². The largest absolute Gasteiger partial charge is 0.305 e. The molecular formula is C12H19NS. The third kappa shape index (κ3) is 2.52. The highest BCUT2D eigenvalue weighted by Crippen LogP contribution is 2.25. The van der Waals surface area contributed by atoms with E-state index in [2.05, 4.69) is 56.9 Å². The normalized spacial score (nSPS) is 13.3. The van der Waals surface area contributed by atoms with Crippen LogP contribution in [0, 0.1) is 6.92 Å². The zero-order chi connectivity index (χ0) is 10.7. The summed E-state index contributed by atoms with van der Waals surface area (Å²) in [6, 6.07) is 6.61. The van der Waals surface area contributed by atoms with Gasteiger partial charge in [-0.25, -0.2) is 0 Å². The lowest BCUT2D eigenvalue weighted by Crippen LogP contribution is -2.11. The topological polar surface area (TPSA) is 12.0 Å². The number of benzene rings is 1. The van der Waals surface area contributed by atoms with Crippen LogP contribution in [0.3, 0.4) is 0 Å². The molecule has 0 radical (unpaired) electrons. The molecule has 1 unspecified atom stereocenters. The van der Waals surface area contributed by atoms with Crippen molar-refractivity contribution in [2.45, 2.75) is 32.1 Å². The molecule has 1 aromatic rings. The van der Waals surface area contributed by atoms with E-state index in [0.717, 1.165) is 0 Å². The monoisotopic (exact) mass is 209 g/mol. The fourth-order valence-corrected chi connectivity index (χ4v) is 1.75. The zero-order valence-electron chi connectivity index (χ0n) is 9.33. The first kappa shape index (κ1) is 11.6. The maximum Gasteiger partial charge on any atom is 0.0760 e. The van der Waals surface area contributed by atoms with Crippen molar-refractivity contribution in [3.05, 3.63) is 34.9 Å². The van der Waals surface area contributed by atoms with Crippen molar-refractivity contribution in [1.29, 1.82) is 0 Å². The molecule has 0 aliphatic heterocycles. The third-order valence-electron chi connectivity index (χ3n) is 2.54. The summed E-state index contributed by atoms with van der Waals surface area (Å²) in [5.41, 5.74) is 3.95. The van der Waals surface area contributed by atoms with Crippen LogP contribution in [0.2, 0.25) is 0 Å². The first-order valence-electron chi connectivity index (χ1n) is 5.02. The zero-order valence-corrected chi connectivity index (χ0v) is 10.2. The molecule has 0 bridgehead atoms. The van der Waals surface area contributed by atoms with E-state index in [0.29, 0.717) is 5.92 Å². The minimum Gasteiger partial charge on any atom is -0.305 e. The minimum atomic E-state index is 0.133. The maximum atomic E-state index is 4.49. The van der Waals surface area contributed by atoms with E-state index in [1.54, 1.807) is 0 Å². The van der Waals surface area contributed by atoms with E-state index < -0.39 is 0 Å². The number of thiol groups is 1. The van der Waals surface area contributed by atoms with Crippen molar-refractivity contribution in [1.82, 2.24) is 5.32 Å². The van der Waals surface area contributed by atoms with Gasteiger partial charge in [0.05, 0.1) is 5.37 Å². The lowest BCUT2D eigenvalue weighted by Gasteiger charge is -2.15. The van der Waals surface area contributed by atoms with Crippen molar-refractivity contribution in [2.75, 3.05) is 7.05 Å². The second-order valence-corrected chi connectivity index (χ2v) is 4.48. The number of hydrogen-bond acceptors (Lipinski definition) is 2. The summed E-state index contributed by atoms with van der Waals surface area (Å²) < 4.78 is 0. The molecule has 1 atom stereocenters. The smallest absolute Gasteiger partial charge is 0.0760 e. The van der Waals surface area contributed by atoms with Gasteiger partial charge in [-0.05, 0) is 36.6 Å². The molecule has 0 saturated heterocycles. The van der Waals surface area contributed by atoms with Crippen LogP contribution in [-0.4, -0.2) is 7.05 Å². The average molecular weight is 209 g/mol. The number of nitrogens with one attached hydrogen (secondary N) is 1. The van der Waals surface area contributed by atoms with E-state index >= 15 is 0 Å². The number of rotatable bonds is 3. The van der Waals surface area contributed by atoms with Crippen LogP contribution in [0.25, 0.3) is 0 Å². The van der Waals surface area contributed by atoms with Gasteiger partial charge in [-0.15, -0.1) is 0 Å². The summed E-state index contributed by atoms with van der Waals surface area (Å²) in [6.07, 6.45) is 0. The molecule has 0 aliphatic rings. The Labute approximate surface area is 92.3 Å². The van der Waals surface area contributed by atoms with E-state index in [1.807, 2.05) is 7.05 Å². The Morgan fingerprint density at radius 3 is 2.43 bits per heavy atom. The first-order chi connectivity index (χ1) is 6.56. The van der Waals surface area contributed by atoms with Gasteiger partial charge in [0.1, 0.15) is 0 Å². The molecule has 14 heavy (non-hydrogen) atoms. The van der Waals surface area contributed by atoms with Gasteiger partial charge in [-0.3, -0.25) is 0 Å². The summed E-state index contributed by atoms with van der Waals surface area (Å²) in [5.74, 6) is 0.576. The Bertz CT molecular complexity index is 307. The van der Waals surface area contributed by atoms with Crippen LogP contribution in [0.15, 0.2) is 18.2 Å². The Morgan fingerprint density at radius 1 is 1.29 bits per heavy atom. The molecule has 0 fully saturated rings. The van der Waals surface area contributed by atoms with Crippen LogP contribution < -0.4 is 5.32 Å². The van der Waals surface area contributed by atoms with Crippen molar-refractivity contribution in [3.8, 4) is 0 Å². The van der Waals surface area contributed by atoms with E-state index in [9.17, 15) is 0 Å². The molecule has 1 nitrogen and oxygen atoms in total. The lowest BCUT2D eigenvalue weighted by atomic mass is 9.98. The van der Waals surface area contributed by atoms with Crippen LogP contribution in [0.5, 0.6) is 0 Å². The standard InChI is InChI=1S/C12H19NS/c1-8(2)10-6-5-9(3)11(7-10)12(14)13-4/h5-8,12-14H,1-4H3. The third-order valence-corrected chi connectivity index (χ3v) is 3.07. The van der Waals surface area contributed by atoms with Gasteiger partial charge in [-0.2, -0.15) is 12.6 Å². The predicted octanol–water partition coefficient (Wildman–Crippen LogP) is 3.27. The summed E-state index contributed by atoms with van der Waals surface area (Å²) in [7, 11) is 1.93. The molecule has 0 aromatic heterocycles. The number of hydrogen-bond donors (Lipinski definition) is 2. The maximum absolute atomic E-state index is 4.49. The highest BCUT2D eigenvalue weighted by Gasteiger charge is 2.08. The van der Waals surface area contributed by atoms with Gasteiger partial charge >= 0.3 is 0 Å². The lowest BCUT2D eigenvalue weighted by molar-refractivity contribution is 0.786. The predicted molar refractivity (Wildman–Crippen MR) is 66.1 cm³/mol. The second-order valence-electron chi connectivity index (χ2n) is 3.96. The van der Waals surface area contributed by atoms with E-state index in [1.165, 1.54) is 16.7 Å². The van der Waals surface area contributed by atoms with Gasteiger partial charge in [0.15, 0.2) is 0 Å². The van der Waals surface area contributed by atoms with E-state index in [-0.39, 0.29) is 5.37 Å². The summed E-state index contributed by atoms with van der Waals surface area (Å²) in [5, 5.41) is 3.29. The van der Waals surface area contributed by atoms with Crippen molar-refractivity contribution in [2.24, 2.45) is 0 Å². The molecule has 0 saturated carbocycles. The Kier molecular flexibility index (Phi) is 4.02. The van der Waals surface area contributed by atoms with Crippen LogP contribution in [0.1, 0.15) is 41.8 Å². The summed E-state index contributed by atoms with van der Waals surface area (Å²) in [4.78, 5) is 0. The highest BCUT2D eigenvalue weighted by molar-refractivity contribution is 7.80. The first-order valence-corrected chi connectivity index (χ1v) is 5.53. The fraction of sp³-hybridized carbons (Fsp3) is 0.500. The van der Waals surface area contributed by atoms with Crippen molar-refractivity contribution < 1.29 is 0 Å². The highest BCUT2D eigenvalue weighted by atomic mass is 32.1. The van der Waals surface area contributed by atoms with Gasteiger partial charge in [0, 0.05) is 0 Å². The Hall–Kier alpha value is -0.470. The molecule has 0 spiro atoms. The molecule has 1 rings (SSSR count). The molecule has 2 heteroatoms. The fourth-order valence-electron chi connectivity index (χ4n) is 1.47. The van der Waals surface area contributed by atoms with Crippen LogP contribution in [0.4, 0.5) is 0 Å².